The van der Waals surface area contributed by atoms with E-state index in [1.165, 1.54) is 4.90 Å². The second kappa shape index (κ2) is 5.91. The minimum atomic E-state index is -1.44. The van der Waals surface area contributed by atoms with Crippen molar-refractivity contribution in [2.45, 2.75) is 6.42 Å². The Bertz CT molecular complexity index is 543. The van der Waals surface area contributed by atoms with E-state index in [2.05, 4.69) is 0 Å². The molecule has 0 radical (unpaired) electrons. The molecular weight excluding hydrogens is 274 g/mol. The molecule has 1 aromatic carbocycles. The zero-order chi connectivity index (χ0) is 14.7. The molecule has 0 atom stereocenters. The lowest BCUT2D eigenvalue weighted by atomic mass is 10.1. The topological polar surface area (TPSA) is 72.7 Å². The van der Waals surface area contributed by atoms with E-state index in [0.717, 1.165) is 6.07 Å². The highest BCUT2D eigenvalue weighted by Gasteiger charge is 2.29. The largest absolute Gasteiger partial charge is 0.380 e. The summed E-state index contributed by atoms with van der Waals surface area (Å²) in [7, 11) is 0. The van der Waals surface area contributed by atoms with Gasteiger partial charge in [0, 0.05) is 25.8 Å². The second-order valence-corrected chi connectivity index (χ2v) is 4.27. The number of amides is 1. The van der Waals surface area contributed by atoms with Crippen molar-refractivity contribution in [2.24, 2.45) is 0 Å². The van der Waals surface area contributed by atoms with Crippen LogP contribution in [-0.4, -0.2) is 42.0 Å². The molecule has 108 valence electrons. The van der Waals surface area contributed by atoms with Crippen molar-refractivity contribution in [3.8, 4) is 0 Å². The summed E-state index contributed by atoms with van der Waals surface area (Å²) in [5.74, 6) is -3.44. The number of hydrogen-bond donors (Lipinski definition) is 0. The Morgan fingerprint density at radius 1 is 1.30 bits per heavy atom. The third-order valence-electron chi connectivity index (χ3n) is 2.99. The molecule has 1 aliphatic heterocycles. The van der Waals surface area contributed by atoms with Gasteiger partial charge in [-0.05, 0) is 12.5 Å². The molecule has 0 saturated carbocycles. The maximum atomic E-state index is 13.9. The maximum absolute atomic E-state index is 13.9. The highest BCUT2D eigenvalue weighted by Crippen LogP contribution is 2.24. The zero-order valence-corrected chi connectivity index (χ0v) is 10.5. The number of carbonyl (C=O) groups is 1. The van der Waals surface area contributed by atoms with Crippen molar-refractivity contribution < 1.29 is 23.2 Å². The van der Waals surface area contributed by atoms with E-state index in [-0.39, 0.29) is 13.2 Å². The first-order chi connectivity index (χ1) is 9.52. The summed E-state index contributed by atoms with van der Waals surface area (Å²) in [6, 6.07) is 1.43. The van der Waals surface area contributed by atoms with Crippen LogP contribution in [0, 0.1) is 21.7 Å². The van der Waals surface area contributed by atoms with Crippen molar-refractivity contribution in [3.05, 3.63) is 39.4 Å². The van der Waals surface area contributed by atoms with Crippen LogP contribution in [0.2, 0.25) is 0 Å². The number of halogens is 2. The lowest BCUT2D eigenvalue weighted by molar-refractivity contribution is -0.387. The molecule has 1 saturated heterocycles. The Hall–Kier alpha value is -2.09. The zero-order valence-electron chi connectivity index (χ0n) is 10.5. The minimum Gasteiger partial charge on any atom is -0.380 e. The van der Waals surface area contributed by atoms with Crippen LogP contribution in [0.15, 0.2) is 12.1 Å². The Balaban J connectivity index is 2.37. The first-order valence-corrected chi connectivity index (χ1v) is 6.01. The van der Waals surface area contributed by atoms with Crippen LogP contribution in [0.3, 0.4) is 0 Å². The van der Waals surface area contributed by atoms with Crippen molar-refractivity contribution in [1.29, 1.82) is 0 Å². The fourth-order valence-corrected chi connectivity index (χ4v) is 1.99. The molecular formula is C12H12F2N2O4. The van der Waals surface area contributed by atoms with Crippen molar-refractivity contribution in [1.82, 2.24) is 4.90 Å². The van der Waals surface area contributed by atoms with E-state index >= 15 is 0 Å². The molecule has 0 aromatic heterocycles. The average molecular weight is 286 g/mol. The lowest BCUT2D eigenvalue weighted by Crippen LogP contribution is -2.34. The minimum absolute atomic E-state index is 0.195. The molecule has 1 aliphatic rings. The van der Waals surface area contributed by atoms with Gasteiger partial charge in [-0.1, -0.05) is 0 Å². The Kier molecular flexibility index (Phi) is 4.23. The van der Waals surface area contributed by atoms with Gasteiger partial charge in [0.05, 0.1) is 11.5 Å². The summed E-state index contributed by atoms with van der Waals surface area (Å²) < 4.78 is 32.7. The van der Waals surface area contributed by atoms with Crippen LogP contribution >= 0.6 is 0 Å². The molecule has 1 amide bonds. The van der Waals surface area contributed by atoms with E-state index < -0.39 is 33.7 Å². The van der Waals surface area contributed by atoms with Crippen molar-refractivity contribution in [2.75, 3.05) is 26.3 Å². The molecule has 2 rings (SSSR count). The van der Waals surface area contributed by atoms with Crippen LogP contribution in [0.25, 0.3) is 0 Å². The van der Waals surface area contributed by atoms with E-state index in [9.17, 15) is 23.7 Å². The summed E-state index contributed by atoms with van der Waals surface area (Å²) in [6.45, 7) is 1.22. The third-order valence-corrected chi connectivity index (χ3v) is 2.99. The predicted molar refractivity (Wildman–Crippen MR) is 64.4 cm³/mol. The Morgan fingerprint density at radius 2 is 2.05 bits per heavy atom. The number of ether oxygens (including phenoxy) is 1. The summed E-state index contributed by atoms with van der Waals surface area (Å²) >= 11 is 0. The molecule has 0 spiro atoms. The van der Waals surface area contributed by atoms with Gasteiger partial charge in [0.2, 0.25) is 5.82 Å². The summed E-state index contributed by atoms with van der Waals surface area (Å²) in [6.07, 6.45) is 0.546. The van der Waals surface area contributed by atoms with Gasteiger partial charge >= 0.3 is 5.69 Å². The van der Waals surface area contributed by atoms with Crippen LogP contribution in [0.1, 0.15) is 16.8 Å². The van der Waals surface area contributed by atoms with Crippen molar-refractivity contribution >= 4 is 11.6 Å². The van der Waals surface area contributed by atoms with Gasteiger partial charge in [-0.15, -0.1) is 0 Å². The molecule has 6 nitrogen and oxygen atoms in total. The summed E-state index contributed by atoms with van der Waals surface area (Å²) in [5.41, 5.74) is -1.80. The molecule has 1 fully saturated rings. The Morgan fingerprint density at radius 3 is 2.75 bits per heavy atom. The first-order valence-electron chi connectivity index (χ1n) is 6.01. The highest BCUT2D eigenvalue weighted by atomic mass is 19.1. The summed E-state index contributed by atoms with van der Waals surface area (Å²) in [4.78, 5) is 23.0. The van der Waals surface area contributed by atoms with Gasteiger partial charge in [-0.2, -0.15) is 4.39 Å². The van der Waals surface area contributed by atoms with E-state index in [4.69, 9.17) is 4.74 Å². The molecule has 1 aromatic rings. The lowest BCUT2D eigenvalue weighted by Gasteiger charge is -2.20. The van der Waals surface area contributed by atoms with Crippen LogP contribution in [-0.2, 0) is 4.74 Å². The predicted octanol–water partition coefficient (Wildman–Crippen LogP) is 1.74. The van der Waals surface area contributed by atoms with E-state index in [1.54, 1.807) is 0 Å². The molecule has 0 unspecified atom stereocenters. The number of nitrogens with zero attached hydrogens (tertiary/aromatic N) is 2. The normalized spacial score (nSPS) is 15.8. The number of nitro benzene ring substituents is 1. The number of rotatable bonds is 2. The molecule has 0 N–H and O–H groups in total. The Labute approximate surface area is 113 Å². The van der Waals surface area contributed by atoms with Gasteiger partial charge in [0.15, 0.2) is 0 Å². The smallest absolute Gasteiger partial charge is 0.305 e. The highest BCUT2D eigenvalue weighted by molar-refractivity contribution is 5.95. The standard InChI is InChI=1S/C12H12F2N2O4/c13-8-2-3-9(16(18)19)11(14)10(8)12(17)15-4-1-6-20-7-5-15/h2-3H,1,4-7H2. The van der Waals surface area contributed by atoms with Gasteiger partial charge in [-0.3, -0.25) is 14.9 Å². The first kappa shape index (κ1) is 14.3. The fraction of sp³-hybridized carbons (Fsp3) is 0.417. The van der Waals surface area contributed by atoms with Crippen LogP contribution in [0.5, 0.6) is 0 Å². The van der Waals surface area contributed by atoms with Gasteiger partial charge < -0.3 is 9.64 Å². The fourth-order valence-electron chi connectivity index (χ4n) is 1.99. The molecule has 8 heteroatoms. The summed E-state index contributed by atoms with van der Waals surface area (Å²) in [5, 5.41) is 10.6. The average Bonchev–Trinajstić information content (AvgIpc) is 2.66. The number of nitro groups is 1. The molecule has 20 heavy (non-hydrogen) atoms. The number of benzene rings is 1. The van der Waals surface area contributed by atoms with Gasteiger partial charge in [0.25, 0.3) is 5.91 Å². The van der Waals surface area contributed by atoms with Gasteiger partial charge in [-0.25, -0.2) is 4.39 Å². The van der Waals surface area contributed by atoms with E-state index in [0.29, 0.717) is 25.6 Å². The number of hydrogen-bond acceptors (Lipinski definition) is 4. The molecule has 0 bridgehead atoms. The van der Waals surface area contributed by atoms with Crippen molar-refractivity contribution in [3.63, 3.8) is 0 Å². The third kappa shape index (κ3) is 2.74. The van der Waals surface area contributed by atoms with E-state index in [1.807, 2.05) is 0 Å². The van der Waals surface area contributed by atoms with Crippen LogP contribution < -0.4 is 0 Å². The quantitative estimate of drug-likeness (QED) is 0.613. The van der Waals surface area contributed by atoms with Crippen LogP contribution in [0.4, 0.5) is 14.5 Å². The SMILES string of the molecule is O=C(c1c(F)ccc([N+](=O)[O-])c1F)N1CCCOCC1. The number of carbonyl (C=O) groups excluding carboxylic acids is 1. The molecule has 1 heterocycles. The van der Waals surface area contributed by atoms with Gasteiger partial charge in [0.1, 0.15) is 11.4 Å². The molecule has 0 aliphatic carbocycles. The maximum Gasteiger partial charge on any atom is 0.305 e. The monoisotopic (exact) mass is 286 g/mol. The second-order valence-electron chi connectivity index (χ2n) is 4.27.